The number of nitrogens with zero attached hydrogens (tertiary/aromatic N) is 1. The van der Waals surface area contributed by atoms with Gasteiger partial charge in [-0.3, -0.25) is 9.59 Å². The highest BCUT2D eigenvalue weighted by molar-refractivity contribution is 6.30. The number of piperidine rings is 1. The van der Waals surface area contributed by atoms with Crippen LogP contribution in [0.4, 0.5) is 0 Å². The van der Waals surface area contributed by atoms with Gasteiger partial charge in [0.25, 0.3) is 11.8 Å². The molecular formula is C28H29ClN2O4. The van der Waals surface area contributed by atoms with E-state index in [1.54, 1.807) is 36.4 Å². The number of hydrogen-bond donors (Lipinski definition) is 2. The molecule has 0 bridgehead atoms. The zero-order valence-electron chi connectivity index (χ0n) is 19.4. The van der Waals surface area contributed by atoms with Crippen LogP contribution in [0.25, 0.3) is 0 Å². The maximum atomic E-state index is 12.9. The number of amides is 2. The molecule has 3 aromatic rings. The van der Waals surface area contributed by atoms with Crippen LogP contribution in [-0.2, 0) is 6.42 Å². The van der Waals surface area contributed by atoms with Crippen molar-refractivity contribution < 1.29 is 19.4 Å². The number of nitrogens with one attached hydrogen (secondary N) is 1. The summed E-state index contributed by atoms with van der Waals surface area (Å²) < 4.78 is 6.01. The molecular weight excluding hydrogens is 464 g/mol. The minimum absolute atomic E-state index is 0.0563. The van der Waals surface area contributed by atoms with Crippen molar-refractivity contribution in [2.24, 2.45) is 0 Å². The Labute approximate surface area is 210 Å². The summed E-state index contributed by atoms with van der Waals surface area (Å²) in [5, 5.41) is 13.2. The summed E-state index contributed by atoms with van der Waals surface area (Å²) in [6.07, 6.45) is 2.09. The maximum Gasteiger partial charge on any atom is 0.253 e. The minimum Gasteiger partial charge on any atom is -0.490 e. The number of aliphatic hydroxyl groups is 1. The van der Waals surface area contributed by atoms with Gasteiger partial charge in [-0.25, -0.2) is 0 Å². The lowest BCUT2D eigenvalue weighted by molar-refractivity contribution is 0.0595. The lowest BCUT2D eigenvalue weighted by Gasteiger charge is -2.32. The lowest BCUT2D eigenvalue weighted by atomic mass is 10.0. The van der Waals surface area contributed by atoms with Gasteiger partial charge in [-0.1, -0.05) is 41.9 Å². The maximum absolute atomic E-state index is 12.9. The standard InChI is InChI=1S/C28H29ClN2O4/c29-23-10-12-25(13-11-23)35-26-14-16-31(17-15-26)28(34)22-8-6-21(7-9-22)27(33)30-24(19-32)18-20-4-2-1-3-5-20/h1-13,24,26,32H,14-19H2,(H,30,33). The molecule has 35 heavy (non-hydrogen) atoms. The van der Waals surface area contributed by atoms with E-state index >= 15 is 0 Å². The van der Waals surface area contributed by atoms with Crippen LogP contribution >= 0.6 is 11.6 Å². The highest BCUT2D eigenvalue weighted by Crippen LogP contribution is 2.22. The highest BCUT2D eigenvalue weighted by atomic mass is 35.5. The third-order valence-electron chi connectivity index (χ3n) is 6.12. The molecule has 2 N–H and O–H groups in total. The Morgan fingerprint density at radius 3 is 2.20 bits per heavy atom. The molecule has 0 radical (unpaired) electrons. The zero-order valence-corrected chi connectivity index (χ0v) is 20.2. The second kappa shape index (κ2) is 11.9. The number of carbonyl (C=O) groups excluding carboxylic acids is 2. The summed E-state index contributed by atoms with van der Waals surface area (Å²) in [7, 11) is 0. The third kappa shape index (κ3) is 6.84. The molecule has 0 spiro atoms. The molecule has 6 nitrogen and oxygen atoms in total. The number of likely N-dealkylation sites (tertiary alicyclic amines) is 1. The van der Waals surface area contributed by atoms with Gasteiger partial charge in [0.15, 0.2) is 0 Å². The number of carbonyl (C=O) groups is 2. The monoisotopic (exact) mass is 492 g/mol. The predicted molar refractivity (Wildman–Crippen MR) is 136 cm³/mol. The summed E-state index contributed by atoms with van der Waals surface area (Å²) in [6.45, 7) is 1.06. The molecule has 2 amide bonds. The van der Waals surface area contributed by atoms with Crippen molar-refractivity contribution in [2.45, 2.75) is 31.4 Å². The van der Waals surface area contributed by atoms with Crippen LogP contribution in [0.1, 0.15) is 39.1 Å². The second-order valence-corrected chi connectivity index (χ2v) is 9.12. The van der Waals surface area contributed by atoms with Gasteiger partial charge in [-0.05, 0) is 60.5 Å². The summed E-state index contributed by atoms with van der Waals surface area (Å²) in [5.41, 5.74) is 2.03. The quantitative estimate of drug-likeness (QED) is 0.490. The molecule has 0 saturated carbocycles. The van der Waals surface area contributed by atoms with E-state index in [1.165, 1.54) is 0 Å². The normalized spacial score (nSPS) is 14.9. The van der Waals surface area contributed by atoms with Crippen LogP contribution in [0.5, 0.6) is 5.75 Å². The molecule has 3 aromatic carbocycles. The molecule has 7 heteroatoms. The van der Waals surface area contributed by atoms with E-state index in [0.717, 1.165) is 24.2 Å². The molecule has 1 unspecified atom stereocenters. The Kier molecular flexibility index (Phi) is 8.40. The van der Waals surface area contributed by atoms with Crippen LogP contribution in [-0.4, -0.2) is 53.7 Å². The van der Waals surface area contributed by atoms with E-state index in [1.807, 2.05) is 47.4 Å². The predicted octanol–water partition coefficient (Wildman–Crippen LogP) is 4.36. The Morgan fingerprint density at radius 2 is 1.57 bits per heavy atom. The Morgan fingerprint density at radius 1 is 0.943 bits per heavy atom. The van der Waals surface area contributed by atoms with Gasteiger partial charge in [0.2, 0.25) is 0 Å². The van der Waals surface area contributed by atoms with E-state index in [9.17, 15) is 14.7 Å². The number of aliphatic hydroxyl groups excluding tert-OH is 1. The highest BCUT2D eigenvalue weighted by Gasteiger charge is 2.25. The molecule has 4 rings (SSSR count). The first-order valence-electron chi connectivity index (χ1n) is 11.8. The van der Waals surface area contributed by atoms with Crippen molar-refractivity contribution >= 4 is 23.4 Å². The summed E-state index contributed by atoms with van der Waals surface area (Å²) >= 11 is 5.92. The Balaban J connectivity index is 1.28. The molecule has 182 valence electrons. The Bertz CT molecular complexity index is 1110. The van der Waals surface area contributed by atoms with Crippen LogP contribution in [0.3, 0.4) is 0 Å². The average Bonchev–Trinajstić information content (AvgIpc) is 2.90. The van der Waals surface area contributed by atoms with E-state index in [4.69, 9.17) is 16.3 Å². The van der Waals surface area contributed by atoms with Gasteiger partial charge in [0.1, 0.15) is 11.9 Å². The van der Waals surface area contributed by atoms with Gasteiger partial charge < -0.3 is 20.1 Å². The van der Waals surface area contributed by atoms with Gasteiger partial charge in [-0.15, -0.1) is 0 Å². The van der Waals surface area contributed by atoms with E-state index in [2.05, 4.69) is 5.32 Å². The van der Waals surface area contributed by atoms with Crippen molar-refractivity contribution in [3.8, 4) is 5.75 Å². The molecule has 1 heterocycles. The average molecular weight is 493 g/mol. The van der Waals surface area contributed by atoms with E-state index in [0.29, 0.717) is 35.7 Å². The fourth-order valence-electron chi connectivity index (χ4n) is 4.16. The number of benzene rings is 3. The van der Waals surface area contributed by atoms with Crippen LogP contribution < -0.4 is 10.1 Å². The molecule has 1 atom stereocenters. The summed E-state index contributed by atoms with van der Waals surface area (Å²) in [6, 6.07) is 23.3. The fourth-order valence-corrected chi connectivity index (χ4v) is 4.28. The Hall–Kier alpha value is -3.35. The molecule has 0 aromatic heterocycles. The number of halogens is 1. The number of rotatable bonds is 8. The summed E-state index contributed by atoms with van der Waals surface area (Å²) in [5.74, 6) is 0.443. The van der Waals surface area contributed by atoms with Gasteiger partial charge in [-0.2, -0.15) is 0 Å². The SMILES string of the molecule is O=C(NC(CO)Cc1ccccc1)c1ccc(C(=O)N2CCC(Oc3ccc(Cl)cc3)CC2)cc1. The van der Waals surface area contributed by atoms with Crippen molar-refractivity contribution in [2.75, 3.05) is 19.7 Å². The van der Waals surface area contributed by atoms with Crippen molar-refractivity contribution in [3.05, 3.63) is 101 Å². The first kappa shape index (κ1) is 24.8. The molecule has 1 aliphatic heterocycles. The van der Waals surface area contributed by atoms with Crippen molar-refractivity contribution in [3.63, 3.8) is 0 Å². The van der Waals surface area contributed by atoms with Gasteiger partial charge in [0, 0.05) is 42.1 Å². The minimum atomic E-state index is -0.386. The first-order chi connectivity index (χ1) is 17.0. The van der Waals surface area contributed by atoms with Gasteiger partial charge >= 0.3 is 0 Å². The second-order valence-electron chi connectivity index (χ2n) is 8.68. The lowest BCUT2D eigenvalue weighted by Crippen LogP contribution is -2.41. The largest absolute Gasteiger partial charge is 0.490 e. The van der Waals surface area contributed by atoms with Crippen LogP contribution in [0.15, 0.2) is 78.9 Å². The summed E-state index contributed by atoms with van der Waals surface area (Å²) in [4.78, 5) is 27.4. The van der Waals surface area contributed by atoms with E-state index in [-0.39, 0.29) is 30.6 Å². The zero-order chi connectivity index (χ0) is 24.6. The van der Waals surface area contributed by atoms with Crippen LogP contribution in [0.2, 0.25) is 5.02 Å². The molecule has 1 saturated heterocycles. The number of ether oxygens (including phenoxy) is 1. The fraction of sp³-hybridized carbons (Fsp3) is 0.286. The van der Waals surface area contributed by atoms with E-state index < -0.39 is 0 Å². The molecule has 0 aliphatic carbocycles. The van der Waals surface area contributed by atoms with Crippen molar-refractivity contribution in [1.29, 1.82) is 0 Å². The van der Waals surface area contributed by atoms with Crippen LogP contribution in [0, 0.1) is 0 Å². The topological polar surface area (TPSA) is 78.9 Å². The smallest absolute Gasteiger partial charge is 0.253 e. The molecule has 1 fully saturated rings. The molecule has 1 aliphatic rings. The number of hydrogen-bond acceptors (Lipinski definition) is 4. The first-order valence-corrected chi connectivity index (χ1v) is 12.2. The van der Waals surface area contributed by atoms with Crippen molar-refractivity contribution in [1.82, 2.24) is 10.2 Å². The van der Waals surface area contributed by atoms with Gasteiger partial charge in [0.05, 0.1) is 12.6 Å². The third-order valence-corrected chi connectivity index (χ3v) is 6.37.